The second kappa shape index (κ2) is 5.90. The van der Waals surface area contributed by atoms with Crippen LogP contribution in [0.25, 0.3) is 10.4 Å². The van der Waals surface area contributed by atoms with Gasteiger partial charge in [-0.25, -0.2) is 4.79 Å². The summed E-state index contributed by atoms with van der Waals surface area (Å²) < 4.78 is 4.65. The maximum absolute atomic E-state index is 11.8. The monoisotopic (exact) mass is 270 g/mol. The molecule has 8 heteroatoms. The predicted octanol–water partition coefficient (Wildman–Crippen LogP) is 1.42. The van der Waals surface area contributed by atoms with Gasteiger partial charge in [-0.2, -0.15) is 0 Å². The average molecular weight is 270 g/mol. The summed E-state index contributed by atoms with van der Waals surface area (Å²) in [6, 6.07) is -1.14. The number of carbonyl (C=O) groups is 2. The second-order valence-electron chi connectivity index (χ2n) is 5.36. The molecule has 1 rings (SSSR count). The highest BCUT2D eigenvalue weighted by molar-refractivity contribution is 5.78. The molecule has 1 heterocycles. The van der Waals surface area contributed by atoms with Gasteiger partial charge in [0.25, 0.3) is 0 Å². The molecule has 1 aliphatic rings. The van der Waals surface area contributed by atoms with Crippen molar-refractivity contribution in [1.82, 2.24) is 5.06 Å². The van der Waals surface area contributed by atoms with Gasteiger partial charge in [-0.15, -0.1) is 5.06 Å². The number of hydroxylamine groups is 2. The van der Waals surface area contributed by atoms with Gasteiger partial charge in [-0.05, 0) is 32.7 Å². The van der Waals surface area contributed by atoms with Gasteiger partial charge >= 0.3 is 11.9 Å². The molecule has 0 N–H and O–H groups in total. The Labute approximate surface area is 111 Å². The van der Waals surface area contributed by atoms with E-state index in [-0.39, 0.29) is 13.0 Å². The number of carbonyl (C=O) groups excluding carboxylic acids is 2. The van der Waals surface area contributed by atoms with Gasteiger partial charge in [-0.3, -0.25) is 4.79 Å². The molecule has 0 radical (unpaired) electrons. The zero-order valence-corrected chi connectivity index (χ0v) is 11.5. The van der Waals surface area contributed by atoms with Crippen molar-refractivity contribution < 1.29 is 19.2 Å². The van der Waals surface area contributed by atoms with E-state index in [0.717, 1.165) is 0 Å². The molecule has 0 spiro atoms. The molecule has 1 fully saturated rings. The maximum Gasteiger partial charge on any atom is 0.330 e. The fraction of sp³-hybridized carbons (Fsp3) is 0.818. The summed E-state index contributed by atoms with van der Waals surface area (Å²) in [6.45, 7) is 5.32. The van der Waals surface area contributed by atoms with Crippen LogP contribution in [0.2, 0.25) is 0 Å². The Bertz CT molecular complexity index is 411. The maximum atomic E-state index is 11.8. The molecule has 2 atom stereocenters. The highest BCUT2D eigenvalue weighted by atomic mass is 16.7. The summed E-state index contributed by atoms with van der Waals surface area (Å²) in [7, 11) is 1.26. The van der Waals surface area contributed by atoms with E-state index in [0.29, 0.717) is 0 Å². The first-order chi connectivity index (χ1) is 8.79. The summed E-state index contributed by atoms with van der Waals surface area (Å²) in [6.07, 6.45) is 0.272. The molecule has 0 aromatic carbocycles. The molecule has 106 valence electrons. The molecule has 0 unspecified atom stereocenters. The molecule has 1 aliphatic heterocycles. The van der Waals surface area contributed by atoms with E-state index in [1.807, 2.05) is 0 Å². The number of azide groups is 1. The van der Waals surface area contributed by atoms with Crippen LogP contribution in [0.4, 0.5) is 0 Å². The molecule has 0 aromatic rings. The number of nitrogens with zero attached hydrogens (tertiary/aromatic N) is 4. The smallest absolute Gasteiger partial charge is 0.330 e. The summed E-state index contributed by atoms with van der Waals surface area (Å²) in [5.41, 5.74) is 7.74. The molecule has 1 saturated heterocycles. The number of ether oxygens (including phenoxy) is 1. The van der Waals surface area contributed by atoms with E-state index in [1.54, 1.807) is 20.8 Å². The fourth-order valence-corrected chi connectivity index (χ4v) is 1.64. The Morgan fingerprint density at radius 2 is 2.05 bits per heavy atom. The van der Waals surface area contributed by atoms with Crippen LogP contribution < -0.4 is 0 Å². The van der Waals surface area contributed by atoms with Gasteiger partial charge in [0.2, 0.25) is 0 Å². The molecule has 0 bridgehead atoms. The normalized spacial score (nSPS) is 23.6. The van der Waals surface area contributed by atoms with E-state index in [1.165, 1.54) is 12.2 Å². The van der Waals surface area contributed by atoms with Crippen molar-refractivity contribution >= 4 is 11.9 Å². The minimum absolute atomic E-state index is 0.186. The Balaban J connectivity index is 2.80. The molecular weight excluding hydrogens is 252 g/mol. The van der Waals surface area contributed by atoms with Crippen LogP contribution in [0, 0.1) is 5.41 Å². The molecule has 0 saturated carbocycles. The van der Waals surface area contributed by atoms with Crippen molar-refractivity contribution in [3.63, 3.8) is 0 Å². The number of hydrogen-bond acceptors (Lipinski definition) is 6. The lowest BCUT2D eigenvalue weighted by molar-refractivity contribution is -0.208. The van der Waals surface area contributed by atoms with Crippen molar-refractivity contribution in [2.24, 2.45) is 10.5 Å². The largest absolute Gasteiger partial charge is 0.468 e. The van der Waals surface area contributed by atoms with Crippen LogP contribution in [-0.2, 0) is 19.2 Å². The van der Waals surface area contributed by atoms with Crippen LogP contribution in [0.5, 0.6) is 0 Å². The first-order valence-electron chi connectivity index (χ1n) is 5.90. The summed E-state index contributed by atoms with van der Waals surface area (Å²) in [5.74, 6) is -0.972. The predicted molar refractivity (Wildman–Crippen MR) is 65.6 cm³/mol. The highest BCUT2D eigenvalue weighted by Gasteiger charge is 2.41. The third kappa shape index (κ3) is 3.84. The number of hydrogen-bond donors (Lipinski definition) is 0. The van der Waals surface area contributed by atoms with Crippen LogP contribution in [0.1, 0.15) is 27.2 Å². The summed E-state index contributed by atoms with van der Waals surface area (Å²) >= 11 is 0. The van der Waals surface area contributed by atoms with Crippen LogP contribution >= 0.6 is 0 Å². The van der Waals surface area contributed by atoms with Crippen molar-refractivity contribution in [3.8, 4) is 0 Å². The Hall–Kier alpha value is -1.79. The zero-order valence-electron chi connectivity index (χ0n) is 11.5. The SMILES string of the molecule is COC(=O)[C@@H]1C[C@@H](N=[N+]=[N-])CN1OC(=O)C(C)(C)C. The van der Waals surface area contributed by atoms with Crippen molar-refractivity contribution in [2.45, 2.75) is 39.3 Å². The molecule has 0 amide bonds. The third-order valence-electron chi connectivity index (χ3n) is 2.73. The fourth-order valence-electron chi connectivity index (χ4n) is 1.64. The Kier molecular flexibility index (Phi) is 4.74. The quantitative estimate of drug-likeness (QED) is 0.334. The van der Waals surface area contributed by atoms with E-state index >= 15 is 0 Å². The topological polar surface area (TPSA) is 105 Å². The van der Waals surface area contributed by atoms with Gasteiger partial charge in [-0.1, -0.05) is 5.11 Å². The minimum atomic E-state index is -0.730. The number of methoxy groups -OCH3 is 1. The molecule has 0 aliphatic carbocycles. The minimum Gasteiger partial charge on any atom is -0.468 e. The van der Waals surface area contributed by atoms with Gasteiger partial charge < -0.3 is 9.57 Å². The first-order valence-corrected chi connectivity index (χ1v) is 5.90. The Morgan fingerprint density at radius 3 is 2.53 bits per heavy atom. The van der Waals surface area contributed by atoms with E-state index in [2.05, 4.69) is 14.8 Å². The number of rotatable bonds is 3. The van der Waals surface area contributed by atoms with Crippen molar-refractivity contribution in [2.75, 3.05) is 13.7 Å². The lowest BCUT2D eigenvalue weighted by Gasteiger charge is -2.25. The molecular formula is C11H18N4O4. The van der Waals surface area contributed by atoms with Gasteiger partial charge in [0.1, 0.15) is 6.04 Å². The standard InChI is InChI=1S/C11H18N4O4/c1-11(2,3)10(17)19-15-6-7(13-14-12)5-8(15)9(16)18-4/h7-8H,5-6H2,1-4H3/t7-,8+/m1/s1. The van der Waals surface area contributed by atoms with Gasteiger partial charge in [0, 0.05) is 11.5 Å². The van der Waals surface area contributed by atoms with Gasteiger partial charge in [0.05, 0.1) is 18.6 Å². The highest BCUT2D eigenvalue weighted by Crippen LogP contribution is 2.25. The lowest BCUT2D eigenvalue weighted by Crippen LogP contribution is -2.41. The summed E-state index contributed by atoms with van der Waals surface area (Å²) in [4.78, 5) is 31.3. The van der Waals surface area contributed by atoms with Crippen molar-refractivity contribution in [1.29, 1.82) is 0 Å². The van der Waals surface area contributed by atoms with E-state index < -0.39 is 29.4 Å². The Morgan fingerprint density at radius 1 is 1.42 bits per heavy atom. The van der Waals surface area contributed by atoms with Gasteiger partial charge in [0.15, 0.2) is 0 Å². The summed E-state index contributed by atoms with van der Waals surface area (Å²) in [5, 5.41) is 4.78. The van der Waals surface area contributed by atoms with E-state index in [9.17, 15) is 9.59 Å². The lowest BCUT2D eigenvalue weighted by atomic mass is 9.98. The molecule has 19 heavy (non-hydrogen) atoms. The second-order valence-corrected chi connectivity index (χ2v) is 5.36. The third-order valence-corrected chi connectivity index (χ3v) is 2.73. The van der Waals surface area contributed by atoms with Crippen LogP contribution in [0.3, 0.4) is 0 Å². The number of esters is 1. The average Bonchev–Trinajstić information content (AvgIpc) is 2.70. The zero-order chi connectivity index (χ0) is 14.6. The van der Waals surface area contributed by atoms with Crippen LogP contribution in [-0.4, -0.2) is 42.7 Å². The molecule has 8 nitrogen and oxygen atoms in total. The van der Waals surface area contributed by atoms with E-state index in [4.69, 9.17) is 10.4 Å². The van der Waals surface area contributed by atoms with Crippen molar-refractivity contribution in [3.05, 3.63) is 10.4 Å². The van der Waals surface area contributed by atoms with Crippen LogP contribution in [0.15, 0.2) is 5.11 Å². The first kappa shape index (κ1) is 15.3. The molecule has 0 aromatic heterocycles.